The molecule has 0 radical (unpaired) electrons. The Morgan fingerprint density at radius 2 is 1.94 bits per heavy atom. The van der Waals surface area contributed by atoms with E-state index >= 15 is 0 Å². The molecule has 2 rings (SSSR count). The fraction of sp³-hybridized carbons (Fsp3) is 0.214. The van der Waals surface area contributed by atoms with Crippen molar-refractivity contribution >= 4 is 38.9 Å². The van der Waals surface area contributed by atoms with Crippen molar-refractivity contribution in [1.82, 2.24) is 0 Å². The van der Waals surface area contributed by atoms with Crippen molar-refractivity contribution in [3.8, 4) is 0 Å². The maximum Gasteiger partial charge on any atom is 0.228 e. The Labute approximate surface area is 119 Å². The highest BCUT2D eigenvalue weighted by Gasteiger charge is 2.04. The zero-order chi connectivity index (χ0) is 12.8. The maximum absolute atomic E-state index is 11.8. The summed E-state index contributed by atoms with van der Waals surface area (Å²) in [5, 5.41) is 7.84. The quantitative estimate of drug-likeness (QED) is 0.831. The van der Waals surface area contributed by atoms with E-state index in [1.54, 1.807) is 11.3 Å². The molecule has 0 saturated carbocycles. The molecule has 18 heavy (non-hydrogen) atoms. The maximum atomic E-state index is 11.8. The van der Waals surface area contributed by atoms with Gasteiger partial charge in [-0.25, -0.2) is 0 Å². The second-order valence-corrected chi connectivity index (χ2v) is 5.57. The molecule has 0 aliphatic carbocycles. The number of hydrogen-bond donors (Lipinski definition) is 1. The van der Waals surface area contributed by atoms with Crippen molar-refractivity contribution in [2.45, 2.75) is 12.8 Å². The number of benzene rings is 1. The van der Waals surface area contributed by atoms with Crippen LogP contribution < -0.4 is 5.32 Å². The van der Waals surface area contributed by atoms with E-state index < -0.39 is 0 Å². The fourth-order valence-corrected chi connectivity index (χ4v) is 2.77. The lowest BCUT2D eigenvalue weighted by atomic mass is 10.1. The molecule has 0 unspecified atom stereocenters. The van der Waals surface area contributed by atoms with Gasteiger partial charge >= 0.3 is 0 Å². The number of anilines is 1. The summed E-state index contributed by atoms with van der Waals surface area (Å²) in [4.78, 5) is 11.8. The number of amides is 1. The minimum absolute atomic E-state index is 0.0293. The summed E-state index contributed by atoms with van der Waals surface area (Å²) in [5.74, 6) is 0.0293. The van der Waals surface area contributed by atoms with E-state index in [4.69, 9.17) is 0 Å². The van der Waals surface area contributed by atoms with Gasteiger partial charge in [0.2, 0.25) is 5.91 Å². The molecule has 0 aliphatic rings. The summed E-state index contributed by atoms with van der Waals surface area (Å²) >= 11 is 5.02. The molecule has 1 aromatic carbocycles. The van der Waals surface area contributed by atoms with Crippen molar-refractivity contribution in [3.05, 3.63) is 52.2 Å². The molecule has 1 N–H and O–H groups in total. The van der Waals surface area contributed by atoms with Crippen LogP contribution in [0.3, 0.4) is 0 Å². The van der Waals surface area contributed by atoms with Gasteiger partial charge in [0.1, 0.15) is 0 Å². The van der Waals surface area contributed by atoms with Crippen LogP contribution in [0.1, 0.15) is 11.1 Å². The summed E-state index contributed by atoms with van der Waals surface area (Å²) in [6.45, 7) is 0. The molecule has 0 saturated heterocycles. The van der Waals surface area contributed by atoms with Crippen LogP contribution in [0.4, 0.5) is 5.69 Å². The minimum atomic E-state index is 0.0293. The van der Waals surface area contributed by atoms with Gasteiger partial charge in [0, 0.05) is 11.0 Å². The highest BCUT2D eigenvalue weighted by molar-refractivity contribution is 9.09. The summed E-state index contributed by atoms with van der Waals surface area (Å²) in [7, 11) is 0. The molecule has 1 amide bonds. The number of thiophene rings is 1. The van der Waals surface area contributed by atoms with Gasteiger partial charge in [0.05, 0.1) is 6.42 Å². The van der Waals surface area contributed by atoms with Crippen LogP contribution in [0.15, 0.2) is 41.1 Å². The Morgan fingerprint density at radius 1 is 1.17 bits per heavy atom. The summed E-state index contributed by atoms with van der Waals surface area (Å²) in [6.07, 6.45) is 1.44. The van der Waals surface area contributed by atoms with Crippen LogP contribution in [-0.2, 0) is 17.6 Å². The van der Waals surface area contributed by atoms with Gasteiger partial charge < -0.3 is 5.32 Å². The molecule has 1 heterocycles. The second kappa shape index (κ2) is 6.71. The van der Waals surface area contributed by atoms with Crippen LogP contribution >= 0.6 is 27.3 Å². The monoisotopic (exact) mass is 323 g/mol. The average molecular weight is 324 g/mol. The number of alkyl halides is 1. The Morgan fingerprint density at radius 3 is 2.56 bits per heavy atom. The largest absolute Gasteiger partial charge is 0.326 e. The summed E-state index contributed by atoms with van der Waals surface area (Å²) < 4.78 is 0. The molecule has 2 nitrogen and oxygen atoms in total. The molecule has 0 spiro atoms. The van der Waals surface area contributed by atoms with Crippen LogP contribution in [0, 0.1) is 0 Å². The van der Waals surface area contributed by atoms with Crippen molar-refractivity contribution in [1.29, 1.82) is 0 Å². The number of carbonyl (C=O) groups excluding carboxylic acids is 1. The van der Waals surface area contributed by atoms with Crippen molar-refractivity contribution in [2.75, 3.05) is 10.6 Å². The smallest absolute Gasteiger partial charge is 0.228 e. The molecular weight excluding hydrogens is 310 g/mol. The number of nitrogens with one attached hydrogen (secondary N) is 1. The molecule has 2 aromatic rings. The van der Waals surface area contributed by atoms with E-state index in [0.717, 1.165) is 23.0 Å². The van der Waals surface area contributed by atoms with Crippen LogP contribution in [0.25, 0.3) is 0 Å². The number of carbonyl (C=O) groups is 1. The van der Waals surface area contributed by atoms with E-state index in [-0.39, 0.29) is 5.91 Å². The third-order valence-corrected chi connectivity index (χ3v) is 3.69. The van der Waals surface area contributed by atoms with Crippen molar-refractivity contribution in [2.24, 2.45) is 0 Å². The van der Waals surface area contributed by atoms with E-state index in [0.29, 0.717) is 6.42 Å². The topological polar surface area (TPSA) is 29.1 Å². The lowest BCUT2D eigenvalue weighted by Gasteiger charge is -2.05. The standard InChI is InChI=1S/C14H14BrNOS/c15-7-5-11-1-3-13(4-2-11)16-14(17)9-12-6-8-18-10-12/h1-4,6,8,10H,5,7,9H2,(H,16,17). The molecule has 0 bridgehead atoms. The Hall–Kier alpha value is -1.13. The molecule has 0 fully saturated rings. The van der Waals surface area contributed by atoms with Gasteiger partial charge in [-0.1, -0.05) is 28.1 Å². The zero-order valence-corrected chi connectivity index (χ0v) is 12.3. The number of rotatable bonds is 5. The third kappa shape index (κ3) is 3.96. The van der Waals surface area contributed by atoms with E-state index in [1.165, 1.54) is 5.56 Å². The predicted octanol–water partition coefficient (Wildman–Crippen LogP) is 3.87. The Bertz CT molecular complexity index is 493. The summed E-state index contributed by atoms with van der Waals surface area (Å²) in [5.41, 5.74) is 3.18. The van der Waals surface area contributed by atoms with Gasteiger partial charge in [-0.05, 0) is 46.5 Å². The molecule has 4 heteroatoms. The second-order valence-electron chi connectivity index (χ2n) is 3.99. The first kappa shape index (κ1) is 13.3. The molecular formula is C14H14BrNOS. The fourth-order valence-electron chi connectivity index (χ4n) is 1.65. The van der Waals surface area contributed by atoms with Gasteiger partial charge in [-0.2, -0.15) is 11.3 Å². The summed E-state index contributed by atoms with van der Waals surface area (Å²) in [6, 6.07) is 9.96. The Balaban J connectivity index is 1.90. The SMILES string of the molecule is O=C(Cc1ccsc1)Nc1ccc(CCBr)cc1. The van der Waals surface area contributed by atoms with Crippen LogP contribution in [0.2, 0.25) is 0 Å². The average Bonchev–Trinajstić information content (AvgIpc) is 2.84. The molecule has 1 aromatic heterocycles. The third-order valence-electron chi connectivity index (χ3n) is 2.57. The lowest BCUT2D eigenvalue weighted by Crippen LogP contribution is -2.13. The van der Waals surface area contributed by atoms with E-state index in [2.05, 4.69) is 21.2 Å². The van der Waals surface area contributed by atoms with Crippen LogP contribution in [0.5, 0.6) is 0 Å². The van der Waals surface area contributed by atoms with Crippen molar-refractivity contribution in [3.63, 3.8) is 0 Å². The van der Waals surface area contributed by atoms with E-state index in [9.17, 15) is 4.79 Å². The van der Waals surface area contributed by atoms with Gasteiger partial charge in [-0.3, -0.25) is 4.79 Å². The number of aryl methyl sites for hydroxylation is 1. The highest BCUT2D eigenvalue weighted by atomic mass is 79.9. The van der Waals surface area contributed by atoms with Gasteiger partial charge in [0.15, 0.2) is 0 Å². The number of halogens is 1. The highest BCUT2D eigenvalue weighted by Crippen LogP contribution is 2.12. The zero-order valence-electron chi connectivity index (χ0n) is 9.86. The minimum Gasteiger partial charge on any atom is -0.326 e. The molecule has 0 atom stereocenters. The van der Waals surface area contributed by atoms with Crippen molar-refractivity contribution < 1.29 is 4.79 Å². The Kier molecular flexibility index (Phi) is 4.96. The first-order valence-electron chi connectivity index (χ1n) is 5.74. The number of hydrogen-bond acceptors (Lipinski definition) is 2. The normalized spacial score (nSPS) is 10.3. The van der Waals surface area contributed by atoms with E-state index in [1.807, 2.05) is 41.1 Å². The molecule has 0 aliphatic heterocycles. The first-order valence-corrected chi connectivity index (χ1v) is 7.80. The molecule has 94 valence electrons. The lowest BCUT2D eigenvalue weighted by molar-refractivity contribution is -0.115. The van der Waals surface area contributed by atoms with Gasteiger partial charge in [-0.15, -0.1) is 0 Å². The predicted molar refractivity (Wildman–Crippen MR) is 80.6 cm³/mol. The van der Waals surface area contributed by atoms with Gasteiger partial charge in [0.25, 0.3) is 0 Å². The first-order chi connectivity index (χ1) is 8.78. The van der Waals surface area contributed by atoms with Crippen LogP contribution in [-0.4, -0.2) is 11.2 Å².